The first-order valence-corrected chi connectivity index (χ1v) is 11.5. The van der Waals surface area contributed by atoms with Crippen molar-refractivity contribution in [2.45, 2.75) is 45.1 Å². The van der Waals surface area contributed by atoms with Gasteiger partial charge in [0.05, 0.1) is 5.92 Å². The maximum Gasteiger partial charge on any atom is 0.231 e. The lowest BCUT2D eigenvalue weighted by Crippen LogP contribution is -2.44. The van der Waals surface area contributed by atoms with Gasteiger partial charge in [-0.1, -0.05) is 24.1 Å². The molecule has 4 heterocycles. The molecule has 0 aliphatic carbocycles. The number of hydrogen-bond donors (Lipinski definition) is 0. The fourth-order valence-electron chi connectivity index (χ4n) is 4.81. The zero-order chi connectivity index (χ0) is 21.4. The summed E-state index contributed by atoms with van der Waals surface area (Å²) in [5.74, 6) is 1.98. The summed E-state index contributed by atoms with van der Waals surface area (Å²) in [6, 6.07) is 7.43. The standard InChI is InChI=1S/C23H27ClN6O/c1-28(18-9-5-8-17(24)13-18)23(31)16-7-6-11-29(14-16)21-20-22(26-15-25-21)30-12-4-2-3-10-19(30)27-20/h5,8-9,13,15-16H,2-4,6-7,10-12,14H2,1H3/t16-/m0/s1. The van der Waals surface area contributed by atoms with Crippen molar-refractivity contribution in [1.29, 1.82) is 0 Å². The van der Waals surface area contributed by atoms with Crippen molar-refractivity contribution in [2.75, 3.05) is 29.9 Å². The molecule has 0 radical (unpaired) electrons. The van der Waals surface area contributed by atoms with E-state index in [2.05, 4.69) is 19.4 Å². The number of anilines is 2. The minimum absolute atomic E-state index is 0.0943. The number of imidazole rings is 1. The van der Waals surface area contributed by atoms with Gasteiger partial charge in [-0.05, 0) is 43.9 Å². The zero-order valence-corrected chi connectivity index (χ0v) is 18.6. The second-order valence-corrected chi connectivity index (χ2v) is 8.96. The zero-order valence-electron chi connectivity index (χ0n) is 17.8. The minimum atomic E-state index is -0.0943. The third kappa shape index (κ3) is 3.87. The van der Waals surface area contributed by atoms with Crippen molar-refractivity contribution in [1.82, 2.24) is 19.5 Å². The highest BCUT2D eigenvalue weighted by atomic mass is 35.5. The molecule has 0 bridgehead atoms. The van der Waals surface area contributed by atoms with Gasteiger partial charge in [0.2, 0.25) is 5.91 Å². The van der Waals surface area contributed by atoms with E-state index < -0.39 is 0 Å². The van der Waals surface area contributed by atoms with E-state index in [1.807, 2.05) is 31.3 Å². The number of carbonyl (C=O) groups is 1. The number of benzene rings is 1. The lowest BCUT2D eigenvalue weighted by atomic mass is 9.96. The molecule has 0 spiro atoms. The highest BCUT2D eigenvalue weighted by molar-refractivity contribution is 6.30. The van der Waals surface area contributed by atoms with Crippen molar-refractivity contribution in [3.8, 4) is 0 Å². The SMILES string of the molecule is CN(C(=O)[C@H]1CCCN(c2ncnc3c2nc2n3CCCCC2)C1)c1cccc(Cl)c1. The predicted molar refractivity (Wildman–Crippen MR) is 123 cm³/mol. The molecule has 0 saturated carbocycles. The molecule has 0 unspecified atom stereocenters. The lowest BCUT2D eigenvalue weighted by Gasteiger charge is -2.34. The Morgan fingerprint density at radius 1 is 1.16 bits per heavy atom. The van der Waals surface area contributed by atoms with Crippen molar-refractivity contribution in [2.24, 2.45) is 5.92 Å². The summed E-state index contributed by atoms with van der Waals surface area (Å²) in [6.45, 7) is 2.48. The summed E-state index contributed by atoms with van der Waals surface area (Å²) in [5.41, 5.74) is 2.61. The summed E-state index contributed by atoms with van der Waals surface area (Å²) in [5, 5.41) is 0.630. The van der Waals surface area contributed by atoms with Crippen LogP contribution in [0.15, 0.2) is 30.6 Å². The minimum Gasteiger partial charge on any atom is -0.354 e. The number of rotatable bonds is 3. The Morgan fingerprint density at radius 3 is 2.94 bits per heavy atom. The van der Waals surface area contributed by atoms with Crippen molar-refractivity contribution >= 4 is 40.2 Å². The number of fused-ring (bicyclic) bond motifs is 3. The number of nitrogens with zero attached hydrogens (tertiary/aromatic N) is 6. The average molecular weight is 439 g/mol. The first-order chi connectivity index (χ1) is 15.1. The Balaban J connectivity index is 1.40. The van der Waals surface area contributed by atoms with E-state index >= 15 is 0 Å². The number of aromatic nitrogens is 4. The first-order valence-electron chi connectivity index (χ1n) is 11.1. The van der Waals surface area contributed by atoms with Gasteiger partial charge in [0, 0.05) is 43.8 Å². The maximum atomic E-state index is 13.3. The van der Waals surface area contributed by atoms with Crippen molar-refractivity contribution in [3.63, 3.8) is 0 Å². The van der Waals surface area contributed by atoms with Crippen LogP contribution in [0.2, 0.25) is 5.02 Å². The number of piperidine rings is 1. The molecule has 8 heteroatoms. The molecular formula is C23H27ClN6O. The summed E-state index contributed by atoms with van der Waals surface area (Å²) >= 11 is 6.12. The van der Waals surface area contributed by atoms with Gasteiger partial charge >= 0.3 is 0 Å². The van der Waals surface area contributed by atoms with Crippen LogP contribution in [0.4, 0.5) is 11.5 Å². The van der Waals surface area contributed by atoms with E-state index in [0.29, 0.717) is 11.6 Å². The Kier molecular flexibility index (Phi) is 5.52. The number of carbonyl (C=O) groups excluding carboxylic acids is 1. The first kappa shape index (κ1) is 20.2. The van der Waals surface area contributed by atoms with Gasteiger partial charge in [-0.3, -0.25) is 4.79 Å². The summed E-state index contributed by atoms with van der Waals surface area (Å²) in [4.78, 5) is 31.3. The summed E-state index contributed by atoms with van der Waals surface area (Å²) in [7, 11) is 1.82. The quantitative estimate of drug-likeness (QED) is 0.616. The van der Waals surface area contributed by atoms with Gasteiger partial charge in [-0.2, -0.15) is 0 Å². The number of halogens is 1. The molecule has 2 aromatic heterocycles. The fraction of sp³-hybridized carbons (Fsp3) is 0.478. The van der Waals surface area contributed by atoms with Crippen LogP contribution in [0.25, 0.3) is 11.2 Å². The third-order valence-corrected chi connectivity index (χ3v) is 6.71. The van der Waals surface area contributed by atoms with Crippen LogP contribution in [-0.4, -0.2) is 45.6 Å². The molecule has 5 rings (SSSR count). The summed E-state index contributed by atoms with van der Waals surface area (Å²) in [6.07, 6.45) is 8.00. The van der Waals surface area contributed by atoms with Gasteiger partial charge in [0.25, 0.3) is 0 Å². The van der Waals surface area contributed by atoms with Gasteiger partial charge in [-0.15, -0.1) is 0 Å². The van der Waals surface area contributed by atoms with E-state index in [9.17, 15) is 4.79 Å². The Morgan fingerprint density at radius 2 is 2.06 bits per heavy atom. The number of aryl methyl sites for hydroxylation is 2. The molecule has 31 heavy (non-hydrogen) atoms. The molecule has 7 nitrogen and oxygen atoms in total. The van der Waals surface area contributed by atoms with E-state index in [4.69, 9.17) is 16.6 Å². The number of hydrogen-bond acceptors (Lipinski definition) is 5. The van der Waals surface area contributed by atoms with Crippen LogP contribution >= 0.6 is 11.6 Å². The normalized spacial score (nSPS) is 19.2. The van der Waals surface area contributed by atoms with Crippen LogP contribution < -0.4 is 9.80 Å². The second kappa shape index (κ2) is 8.46. The lowest BCUT2D eigenvalue weighted by molar-refractivity contribution is -0.122. The molecule has 2 aliphatic heterocycles. The van der Waals surface area contributed by atoms with Gasteiger partial charge in [0.1, 0.15) is 12.2 Å². The Bertz CT molecular complexity index is 1110. The monoisotopic (exact) mass is 438 g/mol. The Hall–Kier alpha value is -2.67. The molecular weight excluding hydrogens is 412 g/mol. The van der Waals surface area contributed by atoms with Crippen LogP contribution in [0, 0.1) is 5.92 Å². The van der Waals surface area contributed by atoms with E-state index in [1.54, 1.807) is 11.2 Å². The molecule has 1 fully saturated rings. The van der Waals surface area contributed by atoms with Gasteiger partial charge in [0.15, 0.2) is 17.0 Å². The molecule has 0 N–H and O–H groups in total. The largest absolute Gasteiger partial charge is 0.354 e. The van der Waals surface area contributed by atoms with Gasteiger partial charge in [-0.25, -0.2) is 15.0 Å². The van der Waals surface area contributed by atoms with E-state index in [1.165, 1.54) is 12.8 Å². The molecule has 1 atom stereocenters. The van der Waals surface area contributed by atoms with E-state index in [-0.39, 0.29) is 11.8 Å². The third-order valence-electron chi connectivity index (χ3n) is 6.47. The average Bonchev–Trinajstić information content (AvgIpc) is 2.99. The molecule has 1 aromatic carbocycles. The van der Waals surface area contributed by atoms with Gasteiger partial charge < -0.3 is 14.4 Å². The molecule has 2 aliphatic rings. The van der Waals surface area contributed by atoms with Crippen molar-refractivity contribution < 1.29 is 4.79 Å². The molecule has 162 valence electrons. The van der Waals surface area contributed by atoms with Crippen LogP contribution in [0.3, 0.4) is 0 Å². The van der Waals surface area contributed by atoms with E-state index in [0.717, 1.165) is 67.3 Å². The maximum absolute atomic E-state index is 13.3. The molecule has 1 amide bonds. The molecule has 3 aromatic rings. The Labute approximate surface area is 187 Å². The van der Waals surface area contributed by atoms with Crippen LogP contribution in [0.5, 0.6) is 0 Å². The second-order valence-electron chi connectivity index (χ2n) is 8.52. The number of amides is 1. The smallest absolute Gasteiger partial charge is 0.231 e. The summed E-state index contributed by atoms with van der Waals surface area (Å²) < 4.78 is 2.26. The highest BCUT2D eigenvalue weighted by Crippen LogP contribution is 2.30. The predicted octanol–water partition coefficient (Wildman–Crippen LogP) is 4.09. The van der Waals surface area contributed by atoms with Crippen LogP contribution in [0.1, 0.15) is 37.9 Å². The fourth-order valence-corrected chi connectivity index (χ4v) is 5.00. The topological polar surface area (TPSA) is 67.2 Å². The molecule has 1 saturated heterocycles. The van der Waals surface area contributed by atoms with Crippen LogP contribution in [-0.2, 0) is 17.8 Å². The highest BCUT2D eigenvalue weighted by Gasteiger charge is 2.31. The van der Waals surface area contributed by atoms with Crippen molar-refractivity contribution in [3.05, 3.63) is 41.4 Å².